The van der Waals surface area contributed by atoms with E-state index in [0.29, 0.717) is 6.04 Å². The Labute approximate surface area is 103 Å². The highest BCUT2D eigenvalue weighted by Crippen LogP contribution is 2.39. The fourth-order valence-electron chi connectivity index (χ4n) is 3.18. The van der Waals surface area contributed by atoms with Gasteiger partial charge in [0, 0.05) is 19.7 Å². The summed E-state index contributed by atoms with van der Waals surface area (Å²) < 4.78 is 5.98. The Kier molecular flexibility index (Phi) is 4.05. The highest BCUT2D eigenvalue weighted by atomic mass is 16.5. The lowest BCUT2D eigenvalue weighted by Gasteiger charge is -2.39. The average Bonchev–Trinajstić information content (AvgIpc) is 2.76. The van der Waals surface area contributed by atoms with E-state index in [0.717, 1.165) is 19.4 Å². The van der Waals surface area contributed by atoms with E-state index in [-0.39, 0.29) is 17.6 Å². The molecule has 0 radical (unpaired) electrons. The van der Waals surface area contributed by atoms with Crippen LogP contribution in [-0.2, 0) is 9.53 Å². The van der Waals surface area contributed by atoms with Crippen LogP contribution in [0.5, 0.6) is 0 Å². The van der Waals surface area contributed by atoms with E-state index < -0.39 is 0 Å². The Hall–Kier alpha value is -0.610. The van der Waals surface area contributed by atoms with Crippen LogP contribution in [0.3, 0.4) is 0 Å². The first-order chi connectivity index (χ1) is 8.15. The van der Waals surface area contributed by atoms with Gasteiger partial charge in [-0.1, -0.05) is 12.8 Å². The Morgan fingerprint density at radius 3 is 2.76 bits per heavy atom. The lowest BCUT2D eigenvalue weighted by molar-refractivity contribution is -0.123. The van der Waals surface area contributed by atoms with E-state index in [1.165, 1.54) is 25.7 Å². The first-order valence-corrected chi connectivity index (χ1v) is 6.77. The highest BCUT2D eigenvalue weighted by Gasteiger charge is 2.40. The van der Waals surface area contributed by atoms with Crippen molar-refractivity contribution in [3.8, 4) is 0 Å². The van der Waals surface area contributed by atoms with Crippen LogP contribution < -0.4 is 10.6 Å². The van der Waals surface area contributed by atoms with Gasteiger partial charge in [0.05, 0.1) is 11.6 Å². The molecule has 98 valence electrons. The average molecular weight is 240 g/mol. The topological polar surface area (TPSA) is 50.4 Å². The SMILES string of the molecule is CNC(=O)C(C)NC1CCOC2(CCCC2)C1. The van der Waals surface area contributed by atoms with Crippen molar-refractivity contribution in [3.05, 3.63) is 0 Å². The van der Waals surface area contributed by atoms with Crippen LogP contribution in [0.4, 0.5) is 0 Å². The molecule has 0 aromatic rings. The van der Waals surface area contributed by atoms with Gasteiger partial charge in [0.15, 0.2) is 0 Å². The standard InChI is InChI=1S/C13H24N2O2/c1-10(12(16)14-2)15-11-5-8-17-13(9-11)6-3-4-7-13/h10-11,15H,3-9H2,1-2H3,(H,14,16). The lowest BCUT2D eigenvalue weighted by atomic mass is 9.88. The van der Waals surface area contributed by atoms with Crippen molar-refractivity contribution in [3.63, 3.8) is 0 Å². The largest absolute Gasteiger partial charge is 0.375 e. The molecule has 0 aromatic heterocycles. The first kappa shape index (κ1) is 12.8. The van der Waals surface area contributed by atoms with Crippen LogP contribution in [-0.4, -0.2) is 37.2 Å². The molecule has 1 aliphatic heterocycles. The van der Waals surface area contributed by atoms with Crippen molar-refractivity contribution < 1.29 is 9.53 Å². The molecule has 17 heavy (non-hydrogen) atoms. The molecule has 2 fully saturated rings. The molecule has 1 saturated carbocycles. The minimum Gasteiger partial charge on any atom is -0.375 e. The summed E-state index contributed by atoms with van der Waals surface area (Å²) in [7, 11) is 1.68. The van der Waals surface area contributed by atoms with E-state index in [2.05, 4.69) is 10.6 Å². The maximum Gasteiger partial charge on any atom is 0.236 e. The lowest BCUT2D eigenvalue weighted by Crippen LogP contribution is -2.51. The third-order valence-electron chi connectivity index (χ3n) is 4.13. The van der Waals surface area contributed by atoms with E-state index >= 15 is 0 Å². The van der Waals surface area contributed by atoms with Gasteiger partial charge in [0.2, 0.25) is 5.91 Å². The quantitative estimate of drug-likeness (QED) is 0.779. The molecule has 1 amide bonds. The third kappa shape index (κ3) is 2.99. The van der Waals surface area contributed by atoms with E-state index in [1.54, 1.807) is 7.05 Å². The van der Waals surface area contributed by atoms with Crippen molar-refractivity contribution in [2.45, 2.75) is 63.1 Å². The number of hydrogen-bond acceptors (Lipinski definition) is 3. The fraction of sp³-hybridized carbons (Fsp3) is 0.923. The maximum atomic E-state index is 11.5. The molecule has 2 aliphatic rings. The molecule has 2 rings (SSSR count). The van der Waals surface area contributed by atoms with Crippen LogP contribution in [0.25, 0.3) is 0 Å². The molecule has 0 bridgehead atoms. The summed E-state index contributed by atoms with van der Waals surface area (Å²) in [5.41, 5.74) is 0.123. The molecule has 1 spiro atoms. The number of amides is 1. The molecule has 4 nitrogen and oxygen atoms in total. The van der Waals surface area contributed by atoms with Crippen molar-refractivity contribution in [2.24, 2.45) is 0 Å². The predicted octanol–water partition coefficient (Wildman–Crippen LogP) is 1.20. The van der Waals surface area contributed by atoms with E-state index in [9.17, 15) is 4.79 Å². The molecule has 1 saturated heterocycles. The van der Waals surface area contributed by atoms with Crippen molar-refractivity contribution in [1.82, 2.24) is 10.6 Å². The number of hydrogen-bond donors (Lipinski definition) is 2. The number of nitrogens with one attached hydrogen (secondary N) is 2. The maximum absolute atomic E-state index is 11.5. The minimum absolute atomic E-state index is 0.0666. The van der Waals surface area contributed by atoms with Crippen LogP contribution in [0, 0.1) is 0 Å². The Bertz CT molecular complexity index is 275. The molecule has 2 unspecified atom stereocenters. The second-order valence-electron chi connectivity index (χ2n) is 5.43. The molecule has 0 aromatic carbocycles. The van der Waals surface area contributed by atoms with E-state index in [4.69, 9.17) is 4.74 Å². The second-order valence-corrected chi connectivity index (χ2v) is 5.43. The van der Waals surface area contributed by atoms with Crippen LogP contribution in [0.1, 0.15) is 45.4 Å². The van der Waals surface area contributed by atoms with Gasteiger partial charge in [0.25, 0.3) is 0 Å². The Balaban J connectivity index is 1.87. The summed E-state index contributed by atoms with van der Waals surface area (Å²) >= 11 is 0. The fourth-order valence-corrected chi connectivity index (χ4v) is 3.18. The van der Waals surface area contributed by atoms with Crippen LogP contribution >= 0.6 is 0 Å². The van der Waals surface area contributed by atoms with E-state index in [1.807, 2.05) is 6.92 Å². The summed E-state index contributed by atoms with van der Waals surface area (Å²) in [6.07, 6.45) is 7.05. The van der Waals surface area contributed by atoms with Gasteiger partial charge in [-0.25, -0.2) is 0 Å². The molecule has 2 N–H and O–H groups in total. The van der Waals surface area contributed by atoms with Crippen LogP contribution in [0.15, 0.2) is 0 Å². The predicted molar refractivity (Wildman–Crippen MR) is 66.8 cm³/mol. The Morgan fingerprint density at radius 1 is 1.41 bits per heavy atom. The molecule has 1 aliphatic carbocycles. The second kappa shape index (κ2) is 5.36. The number of ether oxygens (including phenoxy) is 1. The van der Waals surface area contributed by atoms with Gasteiger partial charge < -0.3 is 15.4 Å². The summed E-state index contributed by atoms with van der Waals surface area (Å²) in [5, 5.41) is 6.11. The summed E-state index contributed by atoms with van der Waals surface area (Å²) in [6, 6.07) is 0.315. The molecule has 1 heterocycles. The monoisotopic (exact) mass is 240 g/mol. The van der Waals surface area contributed by atoms with Gasteiger partial charge in [0.1, 0.15) is 0 Å². The summed E-state index contributed by atoms with van der Waals surface area (Å²) in [6.45, 7) is 2.76. The summed E-state index contributed by atoms with van der Waals surface area (Å²) in [5.74, 6) is 0.0666. The minimum atomic E-state index is -0.110. The Morgan fingerprint density at radius 2 is 2.12 bits per heavy atom. The smallest absolute Gasteiger partial charge is 0.236 e. The molecule has 4 heteroatoms. The molecule has 2 atom stereocenters. The number of rotatable bonds is 3. The number of likely N-dealkylation sites (N-methyl/N-ethyl adjacent to an activating group) is 1. The number of carbonyl (C=O) groups is 1. The molecular formula is C13H24N2O2. The number of carbonyl (C=O) groups excluding carboxylic acids is 1. The van der Waals surface area contributed by atoms with Gasteiger partial charge in [-0.05, 0) is 32.6 Å². The van der Waals surface area contributed by atoms with Crippen LogP contribution in [0.2, 0.25) is 0 Å². The van der Waals surface area contributed by atoms with Gasteiger partial charge in [-0.2, -0.15) is 0 Å². The van der Waals surface area contributed by atoms with Gasteiger partial charge in [-0.15, -0.1) is 0 Å². The van der Waals surface area contributed by atoms with Crippen molar-refractivity contribution in [2.75, 3.05) is 13.7 Å². The van der Waals surface area contributed by atoms with Gasteiger partial charge >= 0.3 is 0 Å². The molecular weight excluding hydrogens is 216 g/mol. The zero-order valence-corrected chi connectivity index (χ0v) is 10.9. The summed E-state index contributed by atoms with van der Waals surface area (Å²) in [4.78, 5) is 11.5. The zero-order chi connectivity index (χ0) is 12.3. The van der Waals surface area contributed by atoms with Gasteiger partial charge in [-0.3, -0.25) is 4.79 Å². The first-order valence-electron chi connectivity index (χ1n) is 6.77. The van der Waals surface area contributed by atoms with Crippen molar-refractivity contribution in [1.29, 1.82) is 0 Å². The highest BCUT2D eigenvalue weighted by molar-refractivity contribution is 5.80. The normalized spacial score (nSPS) is 29.2. The third-order valence-corrected chi connectivity index (χ3v) is 4.13. The van der Waals surface area contributed by atoms with Crippen molar-refractivity contribution >= 4 is 5.91 Å². The zero-order valence-electron chi connectivity index (χ0n) is 10.9.